The van der Waals surface area contributed by atoms with Gasteiger partial charge in [0, 0.05) is 36.0 Å². The molecule has 0 unspecified atom stereocenters. The summed E-state index contributed by atoms with van der Waals surface area (Å²) in [5.74, 6) is 0. The molecular weight excluding hydrogens is 264 g/mol. The zero-order valence-corrected chi connectivity index (χ0v) is 11.9. The molecule has 0 atom stereocenters. The van der Waals surface area contributed by atoms with Gasteiger partial charge in [0.2, 0.25) is 0 Å². The van der Waals surface area contributed by atoms with Gasteiger partial charge in [-0.2, -0.15) is 11.3 Å². The maximum Gasteiger partial charge on any atom is 0.124 e. The Bertz CT molecular complexity index is 515. The number of nitrogens with zero attached hydrogens (tertiary/aromatic N) is 2. The van der Waals surface area contributed by atoms with Crippen LogP contribution < -0.4 is 0 Å². The van der Waals surface area contributed by atoms with Gasteiger partial charge in [-0.05, 0) is 17.9 Å². The van der Waals surface area contributed by atoms with Crippen LogP contribution in [-0.4, -0.2) is 33.7 Å². The van der Waals surface area contributed by atoms with Crippen molar-refractivity contribution in [1.29, 1.82) is 0 Å². The lowest BCUT2D eigenvalue weighted by molar-refractivity contribution is -0.103. The van der Waals surface area contributed by atoms with Crippen LogP contribution in [0.25, 0.3) is 10.6 Å². The monoisotopic (exact) mass is 280 g/mol. The number of thiazole rings is 1. The molecule has 0 spiro atoms. The number of likely N-dealkylation sites (tertiary alicyclic amines) is 1. The van der Waals surface area contributed by atoms with E-state index < -0.39 is 5.60 Å². The van der Waals surface area contributed by atoms with E-state index in [4.69, 9.17) is 0 Å². The van der Waals surface area contributed by atoms with Crippen LogP contribution in [0.3, 0.4) is 0 Å². The van der Waals surface area contributed by atoms with Crippen LogP contribution in [0.4, 0.5) is 0 Å². The Morgan fingerprint density at radius 2 is 2.28 bits per heavy atom. The van der Waals surface area contributed by atoms with Crippen LogP contribution in [0.2, 0.25) is 0 Å². The van der Waals surface area contributed by atoms with Crippen LogP contribution in [0, 0.1) is 0 Å². The summed E-state index contributed by atoms with van der Waals surface area (Å²) < 4.78 is 0. The molecule has 0 bridgehead atoms. The summed E-state index contributed by atoms with van der Waals surface area (Å²) in [5.41, 5.74) is 1.87. The summed E-state index contributed by atoms with van der Waals surface area (Å²) in [4.78, 5) is 6.90. The second kappa shape index (κ2) is 4.74. The third-order valence-corrected chi connectivity index (χ3v) is 5.02. The fraction of sp³-hybridized carbons (Fsp3) is 0.462. The fourth-order valence-electron chi connectivity index (χ4n) is 2.25. The quantitative estimate of drug-likeness (QED) is 0.935. The molecule has 18 heavy (non-hydrogen) atoms. The molecule has 0 radical (unpaired) electrons. The number of β-amino-alcohol motifs (C(OH)–C–C–N with tert-alkyl or cyclic N) is 1. The van der Waals surface area contributed by atoms with Gasteiger partial charge in [-0.1, -0.05) is 6.92 Å². The molecule has 1 aliphatic heterocycles. The SMILES string of the molecule is CCC1(O)CN(Cc2csc(-c3ccsc3)n2)C1. The maximum absolute atomic E-state index is 9.96. The Balaban J connectivity index is 1.62. The summed E-state index contributed by atoms with van der Waals surface area (Å²) in [6.07, 6.45) is 0.834. The van der Waals surface area contributed by atoms with Crippen molar-refractivity contribution < 1.29 is 5.11 Å². The van der Waals surface area contributed by atoms with Gasteiger partial charge in [-0.25, -0.2) is 4.98 Å². The molecule has 2 aromatic rings. The standard InChI is InChI=1S/C13H16N2OS2/c1-2-13(16)8-15(9-13)5-11-7-18-12(14-11)10-3-4-17-6-10/h3-4,6-7,16H,2,5,8-9H2,1H3. The van der Waals surface area contributed by atoms with Gasteiger partial charge in [0.25, 0.3) is 0 Å². The normalized spacial score (nSPS) is 18.8. The van der Waals surface area contributed by atoms with E-state index in [0.29, 0.717) is 0 Å². The molecule has 2 aromatic heterocycles. The molecule has 0 saturated carbocycles. The molecule has 5 heteroatoms. The predicted octanol–water partition coefficient (Wildman–Crippen LogP) is 2.83. The van der Waals surface area contributed by atoms with E-state index in [1.54, 1.807) is 22.7 Å². The minimum atomic E-state index is -0.452. The Morgan fingerprint density at radius 1 is 1.44 bits per heavy atom. The third kappa shape index (κ3) is 2.36. The van der Waals surface area contributed by atoms with E-state index in [-0.39, 0.29) is 0 Å². The Labute approximate surface area is 115 Å². The number of aliphatic hydroxyl groups is 1. The lowest BCUT2D eigenvalue weighted by Gasteiger charge is -2.45. The molecule has 3 heterocycles. The second-order valence-corrected chi connectivity index (χ2v) is 6.52. The van der Waals surface area contributed by atoms with Crippen molar-refractivity contribution >= 4 is 22.7 Å². The second-order valence-electron chi connectivity index (χ2n) is 4.88. The molecule has 1 N–H and O–H groups in total. The van der Waals surface area contributed by atoms with Crippen molar-refractivity contribution in [1.82, 2.24) is 9.88 Å². The molecule has 3 nitrogen and oxygen atoms in total. The summed E-state index contributed by atoms with van der Waals surface area (Å²) in [6.45, 7) is 4.43. The smallest absolute Gasteiger partial charge is 0.124 e. The minimum Gasteiger partial charge on any atom is -0.387 e. The fourth-order valence-corrected chi connectivity index (χ4v) is 3.77. The van der Waals surface area contributed by atoms with Crippen molar-refractivity contribution in [2.45, 2.75) is 25.5 Å². The average Bonchev–Trinajstić information content (AvgIpc) is 2.96. The van der Waals surface area contributed by atoms with Crippen molar-refractivity contribution in [3.05, 3.63) is 27.9 Å². The van der Waals surface area contributed by atoms with E-state index in [9.17, 15) is 5.11 Å². The highest BCUT2D eigenvalue weighted by molar-refractivity contribution is 7.14. The summed E-state index contributed by atoms with van der Waals surface area (Å²) >= 11 is 3.40. The van der Waals surface area contributed by atoms with E-state index in [2.05, 4.69) is 32.1 Å². The molecule has 1 aliphatic rings. The van der Waals surface area contributed by atoms with Gasteiger partial charge in [0.05, 0.1) is 11.3 Å². The number of hydrogen-bond donors (Lipinski definition) is 1. The molecule has 3 rings (SSSR count). The first kappa shape index (κ1) is 12.3. The van der Waals surface area contributed by atoms with Crippen molar-refractivity contribution in [2.75, 3.05) is 13.1 Å². The topological polar surface area (TPSA) is 36.4 Å². The van der Waals surface area contributed by atoms with Gasteiger partial charge in [0.1, 0.15) is 5.01 Å². The highest BCUT2D eigenvalue weighted by Crippen LogP contribution is 2.29. The molecule has 1 fully saturated rings. The maximum atomic E-state index is 9.96. The van der Waals surface area contributed by atoms with Crippen LogP contribution >= 0.6 is 22.7 Å². The molecule has 1 saturated heterocycles. The largest absolute Gasteiger partial charge is 0.387 e. The highest BCUT2D eigenvalue weighted by atomic mass is 32.1. The summed E-state index contributed by atoms with van der Waals surface area (Å²) in [5, 5.41) is 17.4. The van der Waals surface area contributed by atoms with Crippen molar-refractivity contribution in [2.24, 2.45) is 0 Å². The molecule has 0 aromatic carbocycles. The molecule has 0 aliphatic carbocycles. The van der Waals surface area contributed by atoms with E-state index >= 15 is 0 Å². The number of aromatic nitrogens is 1. The van der Waals surface area contributed by atoms with Crippen LogP contribution in [-0.2, 0) is 6.54 Å². The van der Waals surface area contributed by atoms with Crippen LogP contribution in [0.1, 0.15) is 19.0 Å². The Morgan fingerprint density at radius 3 is 2.94 bits per heavy atom. The molecule has 96 valence electrons. The number of thiophene rings is 1. The van der Waals surface area contributed by atoms with Gasteiger partial charge >= 0.3 is 0 Å². The first-order valence-electron chi connectivity index (χ1n) is 6.10. The first-order valence-corrected chi connectivity index (χ1v) is 7.92. The highest BCUT2D eigenvalue weighted by Gasteiger charge is 2.39. The van der Waals surface area contributed by atoms with E-state index in [1.165, 1.54) is 5.56 Å². The lowest BCUT2D eigenvalue weighted by atomic mass is 9.91. The predicted molar refractivity (Wildman–Crippen MR) is 75.9 cm³/mol. The van der Waals surface area contributed by atoms with Gasteiger partial charge in [-0.3, -0.25) is 4.90 Å². The molecule has 0 amide bonds. The molecular formula is C13H16N2OS2. The zero-order valence-electron chi connectivity index (χ0n) is 10.3. The lowest BCUT2D eigenvalue weighted by Crippen LogP contribution is -2.60. The van der Waals surface area contributed by atoms with E-state index in [1.807, 2.05) is 6.92 Å². The van der Waals surface area contributed by atoms with Gasteiger partial charge < -0.3 is 5.11 Å². The number of rotatable bonds is 4. The first-order chi connectivity index (χ1) is 8.68. The third-order valence-electron chi connectivity index (χ3n) is 3.40. The van der Waals surface area contributed by atoms with E-state index in [0.717, 1.165) is 36.8 Å². The minimum absolute atomic E-state index is 0.452. The summed E-state index contributed by atoms with van der Waals surface area (Å²) in [6, 6.07) is 2.10. The average molecular weight is 280 g/mol. The van der Waals surface area contributed by atoms with Gasteiger partial charge in [-0.15, -0.1) is 11.3 Å². The van der Waals surface area contributed by atoms with Gasteiger partial charge in [0.15, 0.2) is 0 Å². The van der Waals surface area contributed by atoms with Crippen molar-refractivity contribution in [3.63, 3.8) is 0 Å². The zero-order chi connectivity index (χ0) is 12.6. The summed E-state index contributed by atoms with van der Waals surface area (Å²) in [7, 11) is 0. The van der Waals surface area contributed by atoms with Crippen LogP contribution in [0.5, 0.6) is 0 Å². The Hall–Kier alpha value is -0.750. The Kier molecular flexibility index (Phi) is 3.23. The van der Waals surface area contributed by atoms with Crippen molar-refractivity contribution in [3.8, 4) is 10.6 Å². The number of hydrogen-bond acceptors (Lipinski definition) is 5. The van der Waals surface area contributed by atoms with Crippen LogP contribution in [0.15, 0.2) is 22.2 Å².